The lowest BCUT2D eigenvalue weighted by molar-refractivity contribution is 0.679. The molecule has 0 bridgehead atoms. The predicted octanol–water partition coefficient (Wildman–Crippen LogP) is 1.82. The zero-order valence-electron chi connectivity index (χ0n) is 13.8. The molecule has 3 aromatic rings. The van der Waals surface area contributed by atoms with E-state index in [2.05, 4.69) is 11.9 Å². The maximum Gasteiger partial charge on any atom is 0.332 e. The summed E-state index contributed by atoms with van der Waals surface area (Å²) in [6, 6.07) is 8.01. The summed E-state index contributed by atoms with van der Waals surface area (Å²) in [5.41, 5.74) is 2.35. The molecule has 0 aliphatic carbocycles. The maximum absolute atomic E-state index is 12.6. The Morgan fingerprint density at radius 3 is 2.30 bits per heavy atom. The summed E-state index contributed by atoms with van der Waals surface area (Å²) in [6.07, 6.45) is 0.871. The molecule has 1 aromatic carbocycles. The van der Waals surface area contributed by atoms with Crippen LogP contribution in [0.15, 0.2) is 33.9 Å². The number of imidazole rings is 1. The van der Waals surface area contributed by atoms with Crippen LogP contribution in [0.4, 0.5) is 0 Å². The normalized spacial score (nSPS) is 11.3. The molecule has 0 saturated carbocycles. The minimum atomic E-state index is -0.362. The SMILES string of the molecule is CCCn1c(-c2ccc(C)cc2)nc2c1c(=O)n(C)c(=O)n2C. The fraction of sp³-hybridized carbons (Fsp3) is 0.353. The zero-order chi connectivity index (χ0) is 16.7. The number of aromatic nitrogens is 4. The third-order valence-corrected chi connectivity index (χ3v) is 4.10. The van der Waals surface area contributed by atoms with Crippen LogP contribution in [-0.4, -0.2) is 18.7 Å². The molecule has 0 atom stereocenters. The van der Waals surface area contributed by atoms with Crippen molar-refractivity contribution < 1.29 is 0 Å². The van der Waals surface area contributed by atoms with E-state index >= 15 is 0 Å². The molecule has 0 aliphatic heterocycles. The van der Waals surface area contributed by atoms with Crippen molar-refractivity contribution in [2.24, 2.45) is 14.1 Å². The molecule has 3 rings (SSSR count). The quantitative estimate of drug-likeness (QED) is 0.741. The first-order valence-electron chi connectivity index (χ1n) is 7.69. The highest BCUT2D eigenvalue weighted by atomic mass is 16.2. The van der Waals surface area contributed by atoms with Gasteiger partial charge in [0.1, 0.15) is 5.82 Å². The fourth-order valence-electron chi connectivity index (χ4n) is 2.81. The second-order valence-corrected chi connectivity index (χ2v) is 5.83. The molecule has 6 nitrogen and oxygen atoms in total. The molecule has 0 unspecified atom stereocenters. The van der Waals surface area contributed by atoms with E-state index in [4.69, 9.17) is 0 Å². The smallest absolute Gasteiger partial charge is 0.318 e. The number of nitrogens with zero attached hydrogens (tertiary/aromatic N) is 4. The van der Waals surface area contributed by atoms with E-state index in [1.807, 2.05) is 35.8 Å². The minimum absolute atomic E-state index is 0.303. The summed E-state index contributed by atoms with van der Waals surface area (Å²) < 4.78 is 4.48. The maximum atomic E-state index is 12.6. The fourth-order valence-corrected chi connectivity index (χ4v) is 2.81. The van der Waals surface area contributed by atoms with Crippen molar-refractivity contribution >= 4 is 11.2 Å². The van der Waals surface area contributed by atoms with Crippen LogP contribution in [0.2, 0.25) is 0 Å². The first-order chi connectivity index (χ1) is 11.0. The number of fused-ring (bicyclic) bond motifs is 1. The standard InChI is InChI=1S/C17H20N4O2/c1-5-10-21-13-15(19(3)17(23)20(4)16(13)22)18-14(21)12-8-6-11(2)7-9-12/h6-9H,5,10H2,1-4H3. The molecular weight excluding hydrogens is 292 g/mol. The lowest BCUT2D eigenvalue weighted by Crippen LogP contribution is -2.37. The van der Waals surface area contributed by atoms with Crippen LogP contribution in [0, 0.1) is 6.92 Å². The van der Waals surface area contributed by atoms with Crippen LogP contribution in [0.25, 0.3) is 22.6 Å². The molecule has 0 radical (unpaired) electrons. The summed E-state index contributed by atoms with van der Waals surface area (Å²) in [6.45, 7) is 4.75. The highest BCUT2D eigenvalue weighted by Crippen LogP contribution is 2.23. The van der Waals surface area contributed by atoms with Gasteiger partial charge in [-0.1, -0.05) is 36.8 Å². The molecule has 120 valence electrons. The van der Waals surface area contributed by atoms with Gasteiger partial charge in [0.2, 0.25) is 0 Å². The zero-order valence-corrected chi connectivity index (χ0v) is 13.8. The lowest BCUT2D eigenvalue weighted by Gasteiger charge is -2.08. The van der Waals surface area contributed by atoms with Gasteiger partial charge >= 0.3 is 5.69 Å². The van der Waals surface area contributed by atoms with Crippen molar-refractivity contribution in [3.05, 3.63) is 50.7 Å². The van der Waals surface area contributed by atoms with E-state index in [9.17, 15) is 9.59 Å². The molecule has 0 amide bonds. The van der Waals surface area contributed by atoms with Crippen molar-refractivity contribution in [3.63, 3.8) is 0 Å². The Labute approximate surface area is 133 Å². The highest BCUT2D eigenvalue weighted by Gasteiger charge is 2.19. The van der Waals surface area contributed by atoms with Gasteiger partial charge in [0, 0.05) is 26.2 Å². The summed E-state index contributed by atoms with van der Waals surface area (Å²) in [5, 5.41) is 0. The molecular formula is C17H20N4O2. The van der Waals surface area contributed by atoms with Gasteiger partial charge in [0.05, 0.1) is 0 Å². The number of hydrogen-bond donors (Lipinski definition) is 0. The third-order valence-electron chi connectivity index (χ3n) is 4.10. The highest BCUT2D eigenvalue weighted by molar-refractivity contribution is 5.77. The number of rotatable bonds is 3. The molecule has 0 fully saturated rings. The van der Waals surface area contributed by atoms with Crippen LogP contribution < -0.4 is 11.2 Å². The van der Waals surface area contributed by atoms with Gasteiger partial charge in [-0.2, -0.15) is 0 Å². The Hall–Kier alpha value is -2.63. The number of benzene rings is 1. The van der Waals surface area contributed by atoms with Crippen LogP contribution >= 0.6 is 0 Å². The monoisotopic (exact) mass is 312 g/mol. The van der Waals surface area contributed by atoms with Crippen LogP contribution in [0.3, 0.4) is 0 Å². The van der Waals surface area contributed by atoms with Gasteiger partial charge in [-0.25, -0.2) is 9.78 Å². The lowest BCUT2D eigenvalue weighted by atomic mass is 10.1. The van der Waals surface area contributed by atoms with E-state index in [1.54, 1.807) is 7.05 Å². The molecule has 6 heteroatoms. The Bertz CT molecular complexity index is 991. The minimum Gasteiger partial charge on any atom is -0.318 e. The van der Waals surface area contributed by atoms with E-state index < -0.39 is 0 Å². The summed E-state index contributed by atoms with van der Waals surface area (Å²) >= 11 is 0. The average Bonchev–Trinajstić information content (AvgIpc) is 2.91. The molecule has 0 aliphatic rings. The topological polar surface area (TPSA) is 61.8 Å². The molecule has 23 heavy (non-hydrogen) atoms. The first-order valence-corrected chi connectivity index (χ1v) is 7.69. The predicted molar refractivity (Wildman–Crippen MR) is 90.7 cm³/mol. The van der Waals surface area contributed by atoms with E-state index in [0.717, 1.165) is 27.9 Å². The Balaban J connectivity index is 2.44. The molecule has 0 N–H and O–H groups in total. The first kappa shape index (κ1) is 15.3. The Morgan fingerprint density at radius 1 is 1.04 bits per heavy atom. The van der Waals surface area contributed by atoms with Gasteiger partial charge < -0.3 is 4.57 Å². The van der Waals surface area contributed by atoms with Gasteiger partial charge in [0.15, 0.2) is 11.2 Å². The number of hydrogen-bond acceptors (Lipinski definition) is 3. The van der Waals surface area contributed by atoms with Crippen molar-refractivity contribution in [1.29, 1.82) is 0 Å². The Morgan fingerprint density at radius 2 is 1.70 bits per heavy atom. The van der Waals surface area contributed by atoms with Crippen LogP contribution in [0.1, 0.15) is 18.9 Å². The second kappa shape index (κ2) is 5.53. The van der Waals surface area contributed by atoms with E-state index in [0.29, 0.717) is 17.7 Å². The van der Waals surface area contributed by atoms with Crippen LogP contribution in [-0.2, 0) is 20.6 Å². The van der Waals surface area contributed by atoms with Crippen molar-refractivity contribution in [3.8, 4) is 11.4 Å². The Kier molecular flexibility index (Phi) is 3.67. The summed E-state index contributed by atoms with van der Waals surface area (Å²) in [5.74, 6) is 0.722. The largest absolute Gasteiger partial charge is 0.332 e. The summed E-state index contributed by atoms with van der Waals surface area (Å²) in [7, 11) is 3.14. The van der Waals surface area contributed by atoms with Crippen LogP contribution in [0.5, 0.6) is 0 Å². The second-order valence-electron chi connectivity index (χ2n) is 5.83. The van der Waals surface area contributed by atoms with Crippen molar-refractivity contribution in [2.45, 2.75) is 26.8 Å². The van der Waals surface area contributed by atoms with Gasteiger partial charge in [-0.3, -0.25) is 13.9 Å². The third kappa shape index (κ3) is 2.30. The van der Waals surface area contributed by atoms with Crippen molar-refractivity contribution in [2.75, 3.05) is 0 Å². The average molecular weight is 312 g/mol. The molecule has 0 spiro atoms. The molecule has 2 heterocycles. The number of aryl methyl sites for hydroxylation is 3. The molecule has 2 aromatic heterocycles. The van der Waals surface area contributed by atoms with Gasteiger partial charge in [-0.15, -0.1) is 0 Å². The van der Waals surface area contributed by atoms with Gasteiger partial charge in [0.25, 0.3) is 5.56 Å². The van der Waals surface area contributed by atoms with E-state index in [-0.39, 0.29) is 11.2 Å². The van der Waals surface area contributed by atoms with E-state index in [1.165, 1.54) is 11.6 Å². The van der Waals surface area contributed by atoms with Gasteiger partial charge in [-0.05, 0) is 13.3 Å². The molecule has 0 saturated heterocycles. The summed E-state index contributed by atoms with van der Waals surface area (Å²) in [4.78, 5) is 29.3. The van der Waals surface area contributed by atoms with Crippen molar-refractivity contribution in [1.82, 2.24) is 18.7 Å².